The van der Waals surface area contributed by atoms with Crippen LogP contribution in [0.1, 0.15) is 17.7 Å². The van der Waals surface area contributed by atoms with Crippen LogP contribution >= 0.6 is 0 Å². The predicted molar refractivity (Wildman–Crippen MR) is 96.8 cm³/mol. The summed E-state index contributed by atoms with van der Waals surface area (Å²) in [5, 5.41) is 1.34. The Bertz CT molecular complexity index is 804. The van der Waals surface area contributed by atoms with E-state index >= 15 is 0 Å². The van der Waals surface area contributed by atoms with Crippen molar-refractivity contribution in [1.29, 1.82) is 0 Å². The molecule has 2 aromatic heterocycles. The van der Waals surface area contributed by atoms with E-state index in [1.165, 1.54) is 22.2 Å². The fourth-order valence-corrected chi connectivity index (χ4v) is 3.88. The Kier molecular flexibility index (Phi) is 4.41. The van der Waals surface area contributed by atoms with Crippen molar-refractivity contribution in [1.82, 2.24) is 14.5 Å². The highest BCUT2D eigenvalue weighted by atomic mass is 16.5. The predicted octanol–water partition coefficient (Wildman–Crippen LogP) is 3.64. The Hall–Kier alpha value is -2.04. The number of rotatable bonds is 5. The summed E-state index contributed by atoms with van der Waals surface area (Å²) in [4.78, 5) is 5.90. The normalized spacial score (nSPS) is 18.6. The van der Waals surface area contributed by atoms with Gasteiger partial charge in [-0.1, -0.05) is 12.1 Å². The molecular formula is C20H25N3O. The molecule has 4 heteroatoms. The molecule has 126 valence electrons. The number of fused-ring (bicyclic) bond motifs is 2. The molecule has 0 unspecified atom stereocenters. The maximum absolute atomic E-state index is 5.32. The number of nitrogens with zero attached hydrogens (tertiary/aromatic N) is 2. The first-order chi connectivity index (χ1) is 11.8. The number of hydrogen-bond donors (Lipinski definition) is 1. The maximum atomic E-state index is 5.32. The van der Waals surface area contributed by atoms with E-state index < -0.39 is 0 Å². The second-order valence-electron chi connectivity index (χ2n) is 6.83. The van der Waals surface area contributed by atoms with Crippen LogP contribution in [0.5, 0.6) is 0 Å². The molecule has 4 nitrogen and oxygen atoms in total. The summed E-state index contributed by atoms with van der Waals surface area (Å²) in [5.74, 6) is 0.629. The van der Waals surface area contributed by atoms with E-state index in [9.17, 15) is 0 Å². The molecule has 1 aromatic carbocycles. The van der Waals surface area contributed by atoms with Crippen LogP contribution in [0, 0.1) is 5.92 Å². The molecule has 3 aromatic rings. The SMILES string of the molecule is COCC[C@H]1CN(Cc2cccc3[nH]ccc23)Cc2cccn2C1. The van der Waals surface area contributed by atoms with Crippen LogP contribution in [0.15, 0.2) is 48.8 Å². The van der Waals surface area contributed by atoms with Gasteiger partial charge in [0.2, 0.25) is 0 Å². The molecule has 0 saturated carbocycles. The third-order valence-corrected chi connectivity index (χ3v) is 5.09. The van der Waals surface area contributed by atoms with Gasteiger partial charge >= 0.3 is 0 Å². The zero-order valence-electron chi connectivity index (χ0n) is 14.2. The van der Waals surface area contributed by atoms with E-state index in [0.717, 1.165) is 39.2 Å². The number of benzene rings is 1. The minimum atomic E-state index is 0.629. The molecule has 4 rings (SSSR count). The van der Waals surface area contributed by atoms with E-state index in [4.69, 9.17) is 4.74 Å². The summed E-state index contributed by atoms with van der Waals surface area (Å²) in [6.45, 7) is 5.05. The average molecular weight is 323 g/mol. The van der Waals surface area contributed by atoms with Crippen LogP contribution in [0.4, 0.5) is 0 Å². The molecule has 0 amide bonds. The minimum Gasteiger partial charge on any atom is -0.385 e. The molecule has 0 fully saturated rings. The van der Waals surface area contributed by atoms with Crippen LogP contribution < -0.4 is 0 Å². The molecule has 0 spiro atoms. The molecule has 0 saturated heterocycles. The fraction of sp³-hybridized carbons (Fsp3) is 0.400. The molecule has 1 atom stereocenters. The molecule has 0 aliphatic carbocycles. The maximum Gasteiger partial charge on any atom is 0.0466 e. The van der Waals surface area contributed by atoms with Gasteiger partial charge in [-0.25, -0.2) is 0 Å². The van der Waals surface area contributed by atoms with Gasteiger partial charge in [-0.3, -0.25) is 4.90 Å². The van der Waals surface area contributed by atoms with Gasteiger partial charge in [-0.2, -0.15) is 0 Å². The van der Waals surface area contributed by atoms with Gasteiger partial charge in [-0.15, -0.1) is 0 Å². The van der Waals surface area contributed by atoms with Gasteiger partial charge in [0.1, 0.15) is 0 Å². The van der Waals surface area contributed by atoms with Crippen LogP contribution in [0.25, 0.3) is 10.9 Å². The van der Waals surface area contributed by atoms with Gasteiger partial charge < -0.3 is 14.3 Å². The summed E-state index contributed by atoms with van der Waals surface area (Å²) in [7, 11) is 1.79. The minimum absolute atomic E-state index is 0.629. The smallest absolute Gasteiger partial charge is 0.0466 e. The van der Waals surface area contributed by atoms with Crippen LogP contribution in [0.3, 0.4) is 0 Å². The third-order valence-electron chi connectivity index (χ3n) is 5.09. The van der Waals surface area contributed by atoms with Gasteiger partial charge in [0.05, 0.1) is 0 Å². The van der Waals surface area contributed by atoms with Gasteiger partial charge in [0.25, 0.3) is 0 Å². The highest BCUT2D eigenvalue weighted by Gasteiger charge is 2.22. The lowest BCUT2D eigenvalue weighted by molar-refractivity contribution is 0.151. The van der Waals surface area contributed by atoms with Crippen molar-refractivity contribution >= 4 is 10.9 Å². The molecule has 0 bridgehead atoms. The summed E-state index contributed by atoms with van der Waals surface area (Å²) in [6, 6.07) is 13.2. The highest BCUT2D eigenvalue weighted by Crippen LogP contribution is 2.24. The first-order valence-corrected chi connectivity index (χ1v) is 8.74. The number of aromatic nitrogens is 2. The van der Waals surface area contributed by atoms with Crippen molar-refractivity contribution in [3.63, 3.8) is 0 Å². The monoisotopic (exact) mass is 323 g/mol. The molecule has 1 aliphatic rings. The first kappa shape index (κ1) is 15.5. The topological polar surface area (TPSA) is 33.2 Å². The number of hydrogen-bond acceptors (Lipinski definition) is 2. The largest absolute Gasteiger partial charge is 0.385 e. The van der Waals surface area contributed by atoms with Gasteiger partial charge in [0.15, 0.2) is 0 Å². The van der Waals surface area contributed by atoms with E-state index in [1.807, 2.05) is 6.20 Å². The summed E-state index contributed by atoms with van der Waals surface area (Å²) in [5.41, 5.74) is 4.04. The molecule has 1 aliphatic heterocycles. The summed E-state index contributed by atoms with van der Waals surface area (Å²) in [6.07, 6.45) is 5.35. The fourth-order valence-electron chi connectivity index (χ4n) is 3.88. The number of nitrogens with one attached hydrogen (secondary N) is 1. The van der Waals surface area contributed by atoms with Crippen molar-refractivity contribution in [2.45, 2.75) is 26.1 Å². The summed E-state index contributed by atoms with van der Waals surface area (Å²) >= 11 is 0. The van der Waals surface area contributed by atoms with Gasteiger partial charge in [0, 0.05) is 68.9 Å². The number of methoxy groups -OCH3 is 1. The van der Waals surface area contributed by atoms with E-state index in [1.54, 1.807) is 7.11 Å². The van der Waals surface area contributed by atoms with Crippen LogP contribution in [-0.4, -0.2) is 34.7 Å². The Morgan fingerprint density at radius 3 is 3.04 bits per heavy atom. The Morgan fingerprint density at radius 2 is 2.12 bits per heavy atom. The zero-order valence-corrected chi connectivity index (χ0v) is 14.2. The van der Waals surface area contributed by atoms with Crippen molar-refractivity contribution in [3.8, 4) is 0 Å². The quantitative estimate of drug-likeness (QED) is 0.778. The second kappa shape index (κ2) is 6.83. The summed E-state index contributed by atoms with van der Waals surface area (Å²) < 4.78 is 7.74. The zero-order chi connectivity index (χ0) is 16.4. The van der Waals surface area contributed by atoms with Crippen molar-refractivity contribution in [3.05, 3.63) is 60.0 Å². The van der Waals surface area contributed by atoms with E-state index in [-0.39, 0.29) is 0 Å². The van der Waals surface area contributed by atoms with Gasteiger partial charge in [-0.05, 0) is 42.2 Å². The molecule has 0 radical (unpaired) electrons. The molecule has 3 heterocycles. The standard InChI is InChI=1S/C20H25N3O/c1-24-11-8-16-12-22(15-18-5-3-10-23(18)13-16)14-17-4-2-6-20-19(17)7-9-21-20/h2-7,9-10,16,21H,8,11-15H2,1H3/t16-/m0/s1. The first-order valence-electron chi connectivity index (χ1n) is 8.74. The van der Waals surface area contributed by atoms with Crippen LogP contribution in [-0.2, 0) is 24.4 Å². The number of ether oxygens (including phenoxy) is 1. The number of aromatic amines is 1. The lowest BCUT2D eigenvalue weighted by Crippen LogP contribution is -2.28. The van der Waals surface area contributed by atoms with Crippen molar-refractivity contribution in [2.24, 2.45) is 5.92 Å². The highest BCUT2D eigenvalue weighted by molar-refractivity contribution is 5.82. The average Bonchev–Trinajstić information content (AvgIpc) is 3.20. The van der Waals surface area contributed by atoms with Crippen molar-refractivity contribution in [2.75, 3.05) is 20.3 Å². The lowest BCUT2D eigenvalue weighted by atomic mass is 10.0. The molecular weight excluding hydrogens is 298 g/mol. The lowest BCUT2D eigenvalue weighted by Gasteiger charge is -2.24. The Morgan fingerprint density at radius 1 is 1.17 bits per heavy atom. The molecule has 24 heavy (non-hydrogen) atoms. The second-order valence-corrected chi connectivity index (χ2v) is 6.83. The third kappa shape index (κ3) is 3.12. The Labute approximate surface area is 143 Å². The van der Waals surface area contributed by atoms with Crippen molar-refractivity contribution < 1.29 is 4.74 Å². The van der Waals surface area contributed by atoms with E-state index in [2.05, 4.69) is 57.0 Å². The molecule has 1 N–H and O–H groups in total. The number of H-pyrrole nitrogens is 1. The van der Waals surface area contributed by atoms with E-state index in [0.29, 0.717) is 5.92 Å². The Balaban J connectivity index is 1.58. The van der Waals surface area contributed by atoms with Crippen LogP contribution in [0.2, 0.25) is 0 Å².